The van der Waals surface area contributed by atoms with E-state index in [1.807, 2.05) is 43.3 Å². The Labute approximate surface area is 143 Å². The van der Waals surface area contributed by atoms with Gasteiger partial charge in [0.2, 0.25) is 0 Å². The fourth-order valence-corrected chi connectivity index (χ4v) is 3.16. The maximum atomic E-state index is 12.8. The summed E-state index contributed by atoms with van der Waals surface area (Å²) in [5, 5.41) is 0. The summed E-state index contributed by atoms with van der Waals surface area (Å²) in [5.74, 6) is 2.03. The van der Waals surface area contributed by atoms with Gasteiger partial charge in [-0.2, -0.15) is 0 Å². The van der Waals surface area contributed by atoms with Crippen LogP contribution in [-0.4, -0.2) is 36.0 Å². The SMILES string of the molecule is Cc1nc(C(=O)N(C)c2ccccc2)cc(N2CCCC(C)C2)n1. The van der Waals surface area contributed by atoms with Crippen molar-refractivity contribution >= 4 is 17.4 Å². The highest BCUT2D eigenvalue weighted by atomic mass is 16.2. The minimum absolute atomic E-state index is 0.113. The molecule has 1 aliphatic rings. The molecule has 1 aliphatic heterocycles. The molecule has 126 valence electrons. The number of para-hydroxylation sites is 1. The van der Waals surface area contributed by atoms with Gasteiger partial charge >= 0.3 is 0 Å². The number of aromatic nitrogens is 2. The Hall–Kier alpha value is -2.43. The summed E-state index contributed by atoms with van der Waals surface area (Å²) >= 11 is 0. The van der Waals surface area contributed by atoms with Gasteiger partial charge in [-0.1, -0.05) is 25.1 Å². The number of carbonyl (C=O) groups is 1. The number of anilines is 2. The Bertz CT molecular complexity index is 717. The normalized spacial score (nSPS) is 17.6. The summed E-state index contributed by atoms with van der Waals surface area (Å²) in [5.41, 5.74) is 1.30. The first-order valence-corrected chi connectivity index (χ1v) is 8.48. The Balaban J connectivity index is 1.87. The van der Waals surface area contributed by atoms with Crippen molar-refractivity contribution in [2.45, 2.75) is 26.7 Å². The summed E-state index contributed by atoms with van der Waals surface area (Å²) in [6.07, 6.45) is 2.42. The summed E-state index contributed by atoms with van der Waals surface area (Å²) in [4.78, 5) is 25.6. The number of carbonyl (C=O) groups excluding carboxylic acids is 1. The van der Waals surface area contributed by atoms with Gasteiger partial charge < -0.3 is 9.80 Å². The van der Waals surface area contributed by atoms with E-state index in [1.54, 1.807) is 11.9 Å². The molecule has 1 fully saturated rings. The average molecular weight is 324 g/mol. The first kappa shape index (κ1) is 16.4. The van der Waals surface area contributed by atoms with Gasteiger partial charge in [0, 0.05) is 31.9 Å². The van der Waals surface area contributed by atoms with Crippen molar-refractivity contribution in [2.24, 2.45) is 5.92 Å². The minimum atomic E-state index is -0.113. The Kier molecular flexibility index (Phi) is 4.79. The molecule has 1 saturated heterocycles. The van der Waals surface area contributed by atoms with Crippen LogP contribution in [0.5, 0.6) is 0 Å². The molecule has 24 heavy (non-hydrogen) atoms. The highest BCUT2D eigenvalue weighted by Gasteiger charge is 2.21. The molecule has 1 amide bonds. The molecule has 0 aliphatic carbocycles. The van der Waals surface area contributed by atoms with Crippen LogP contribution in [0.4, 0.5) is 11.5 Å². The van der Waals surface area contributed by atoms with Gasteiger partial charge in [0.1, 0.15) is 17.3 Å². The predicted octanol–water partition coefficient (Wildman–Crippen LogP) is 3.30. The summed E-state index contributed by atoms with van der Waals surface area (Å²) in [6, 6.07) is 11.4. The molecule has 0 saturated carbocycles. The highest BCUT2D eigenvalue weighted by Crippen LogP contribution is 2.23. The molecule has 0 radical (unpaired) electrons. The van der Waals surface area contributed by atoms with Crippen LogP contribution in [0.15, 0.2) is 36.4 Å². The Morgan fingerprint density at radius 2 is 2.00 bits per heavy atom. The van der Waals surface area contributed by atoms with E-state index in [4.69, 9.17) is 0 Å². The van der Waals surface area contributed by atoms with E-state index in [1.165, 1.54) is 6.42 Å². The second-order valence-electron chi connectivity index (χ2n) is 6.55. The molecule has 1 aromatic carbocycles. The molecular weight excluding hydrogens is 300 g/mol. The summed E-state index contributed by atoms with van der Waals surface area (Å²) in [6.45, 7) is 6.08. The summed E-state index contributed by atoms with van der Waals surface area (Å²) < 4.78 is 0. The molecular formula is C19H24N4O. The molecule has 1 atom stereocenters. The monoisotopic (exact) mass is 324 g/mol. The molecule has 5 nitrogen and oxygen atoms in total. The second kappa shape index (κ2) is 6.99. The van der Waals surface area contributed by atoms with Gasteiger partial charge in [-0.3, -0.25) is 4.79 Å². The lowest BCUT2D eigenvalue weighted by molar-refractivity contribution is 0.0988. The van der Waals surface area contributed by atoms with E-state index in [0.29, 0.717) is 17.4 Å². The maximum absolute atomic E-state index is 12.8. The number of nitrogens with zero attached hydrogens (tertiary/aromatic N) is 4. The third-order valence-electron chi connectivity index (χ3n) is 4.47. The van der Waals surface area contributed by atoms with Crippen molar-refractivity contribution in [1.82, 2.24) is 9.97 Å². The second-order valence-corrected chi connectivity index (χ2v) is 6.55. The molecule has 0 spiro atoms. The van der Waals surface area contributed by atoms with Gasteiger partial charge in [-0.25, -0.2) is 9.97 Å². The molecule has 1 unspecified atom stereocenters. The van der Waals surface area contributed by atoms with Gasteiger partial charge in [-0.15, -0.1) is 0 Å². The Morgan fingerprint density at radius 1 is 1.25 bits per heavy atom. The minimum Gasteiger partial charge on any atom is -0.356 e. The average Bonchev–Trinajstić information content (AvgIpc) is 2.60. The fraction of sp³-hybridized carbons (Fsp3) is 0.421. The quantitative estimate of drug-likeness (QED) is 0.869. The summed E-state index contributed by atoms with van der Waals surface area (Å²) in [7, 11) is 1.78. The standard InChI is InChI=1S/C19H24N4O/c1-14-8-7-11-23(13-14)18-12-17(20-15(2)21-18)19(24)22(3)16-9-5-4-6-10-16/h4-6,9-10,12,14H,7-8,11,13H2,1-3H3. The van der Waals surface area contributed by atoms with Crippen molar-refractivity contribution < 1.29 is 4.79 Å². The number of amides is 1. The number of hydrogen-bond donors (Lipinski definition) is 0. The van der Waals surface area contributed by atoms with E-state index >= 15 is 0 Å². The van der Waals surface area contributed by atoms with Crippen molar-refractivity contribution in [2.75, 3.05) is 29.9 Å². The van der Waals surface area contributed by atoms with Crippen molar-refractivity contribution in [3.63, 3.8) is 0 Å². The van der Waals surface area contributed by atoms with Crippen LogP contribution < -0.4 is 9.80 Å². The third-order valence-corrected chi connectivity index (χ3v) is 4.47. The first-order valence-electron chi connectivity index (χ1n) is 8.48. The molecule has 2 heterocycles. The largest absolute Gasteiger partial charge is 0.356 e. The Morgan fingerprint density at radius 3 is 2.71 bits per heavy atom. The van der Waals surface area contributed by atoms with E-state index in [0.717, 1.165) is 31.0 Å². The van der Waals surface area contributed by atoms with Crippen LogP contribution in [0.3, 0.4) is 0 Å². The lowest BCUT2D eigenvalue weighted by Crippen LogP contribution is -2.35. The lowest BCUT2D eigenvalue weighted by Gasteiger charge is -2.32. The number of piperidine rings is 1. The van der Waals surface area contributed by atoms with Crippen LogP contribution in [0.1, 0.15) is 36.1 Å². The van der Waals surface area contributed by atoms with Gasteiger partial charge in [0.15, 0.2) is 0 Å². The van der Waals surface area contributed by atoms with Crippen molar-refractivity contribution in [1.29, 1.82) is 0 Å². The number of benzene rings is 1. The van der Waals surface area contributed by atoms with Gasteiger partial charge in [-0.05, 0) is 37.8 Å². The number of hydrogen-bond acceptors (Lipinski definition) is 4. The van der Waals surface area contributed by atoms with E-state index < -0.39 is 0 Å². The molecule has 0 N–H and O–H groups in total. The molecule has 5 heteroatoms. The smallest absolute Gasteiger partial charge is 0.276 e. The van der Waals surface area contributed by atoms with Crippen LogP contribution in [-0.2, 0) is 0 Å². The highest BCUT2D eigenvalue weighted by molar-refractivity contribution is 6.04. The van der Waals surface area contributed by atoms with E-state index in [-0.39, 0.29) is 5.91 Å². The van der Waals surface area contributed by atoms with Crippen LogP contribution in [0.2, 0.25) is 0 Å². The molecule has 3 rings (SSSR count). The van der Waals surface area contributed by atoms with E-state index in [9.17, 15) is 4.79 Å². The zero-order valence-electron chi connectivity index (χ0n) is 14.6. The van der Waals surface area contributed by atoms with Crippen LogP contribution >= 0.6 is 0 Å². The lowest BCUT2D eigenvalue weighted by atomic mass is 10.0. The predicted molar refractivity (Wildman–Crippen MR) is 96.6 cm³/mol. The topological polar surface area (TPSA) is 49.3 Å². The first-order chi connectivity index (χ1) is 11.5. The molecule has 0 bridgehead atoms. The van der Waals surface area contributed by atoms with Crippen molar-refractivity contribution in [3.05, 3.63) is 47.9 Å². The van der Waals surface area contributed by atoms with Gasteiger partial charge in [0.05, 0.1) is 0 Å². The number of aryl methyl sites for hydroxylation is 1. The van der Waals surface area contributed by atoms with E-state index in [2.05, 4.69) is 21.8 Å². The number of rotatable bonds is 3. The van der Waals surface area contributed by atoms with Crippen LogP contribution in [0, 0.1) is 12.8 Å². The molecule has 1 aromatic heterocycles. The van der Waals surface area contributed by atoms with Crippen LogP contribution in [0.25, 0.3) is 0 Å². The zero-order valence-corrected chi connectivity index (χ0v) is 14.6. The molecule has 2 aromatic rings. The van der Waals surface area contributed by atoms with Gasteiger partial charge in [0.25, 0.3) is 5.91 Å². The third kappa shape index (κ3) is 3.55. The zero-order chi connectivity index (χ0) is 17.1. The fourth-order valence-electron chi connectivity index (χ4n) is 3.16. The maximum Gasteiger partial charge on any atom is 0.276 e. The van der Waals surface area contributed by atoms with Crippen molar-refractivity contribution in [3.8, 4) is 0 Å².